The minimum Gasteiger partial charge on any atom is -0.455 e. The summed E-state index contributed by atoms with van der Waals surface area (Å²) in [6.07, 6.45) is 1.21. The average molecular weight is 185 g/mol. The monoisotopic (exact) mass is 185 g/mol. The number of hydrogen-bond donors (Lipinski definition) is 1. The number of nitrogens with zero attached hydrogens (tertiary/aromatic N) is 1. The van der Waals surface area contributed by atoms with Crippen molar-refractivity contribution in [1.82, 2.24) is 0 Å². The van der Waals surface area contributed by atoms with Crippen molar-refractivity contribution in [3.8, 4) is 0 Å². The Kier molecular flexibility index (Phi) is 4.78. The van der Waals surface area contributed by atoms with Crippen LogP contribution in [0.4, 0.5) is 0 Å². The Morgan fingerprint density at radius 3 is 2.54 bits per heavy atom. The SMILES string of the molecule is C=CCOC(=O)C(=O)/C(C=O)=N/O. The summed E-state index contributed by atoms with van der Waals surface area (Å²) < 4.78 is 4.28. The molecule has 0 amide bonds. The summed E-state index contributed by atoms with van der Waals surface area (Å²) >= 11 is 0. The van der Waals surface area contributed by atoms with Gasteiger partial charge >= 0.3 is 5.97 Å². The van der Waals surface area contributed by atoms with Gasteiger partial charge in [-0.15, -0.1) is 0 Å². The lowest BCUT2D eigenvalue weighted by atomic mass is 10.3. The van der Waals surface area contributed by atoms with Gasteiger partial charge in [-0.3, -0.25) is 9.59 Å². The number of oxime groups is 1. The molecule has 0 aromatic rings. The Balaban J connectivity index is 4.33. The second-order valence-electron chi connectivity index (χ2n) is 1.82. The van der Waals surface area contributed by atoms with E-state index >= 15 is 0 Å². The number of Topliss-reactive ketones (excluding diaryl/α,β-unsaturated/α-hetero) is 1. The van der Waals surface area contributed by atoms with E-state index in [4.69, 9.17) is 5.21 Å². The molecule has 0 aliphatic heterocycles. The first kappa shape index (κ1) is 11.0. The molecule has 0 aliphatic carbocycles. The summed E-state index contributed by atoms with van der Waals surface area (Å²) in [6.45, 7) is 3.09. The molecule has 70 valence electrons. The molecule has 13 heavy (non-hydrogen) atoms. The van der Waals surface area contributed by atoms with Crippen molar-refractivity contribution in [3.05, 3.63) is 12.7 Å². The molecule has 0 bridgehead atoms. The van der Waals surface area contributed by atoms with Gasteiger partial charge in [-0.1, -0.05) is 17.8 Å². The molecule has 0 saturated heterocycles. The van der Waals surface area contributed by atoms with Gasteiger partial charge in [0.25, 0.3) is 5.78 Å². The lowest BCUT2D eigenvalue weighted by Gasteiger charge is -1.97. The van der Waals surface area contributed by atoms with Crippen LogP contribution >= 0.6 is 0 Å². The van der Waals surface area contributed by atoms with E-state index in [0.29, 0.717) is 0 Å². The minimum absolute atomic E-state index is 0.0441. The Morgan fingerprint density at radius 1 is 1.54 bits per heavy atom. The molecule has 0 aliphatic rings. The predicted octanol–water partition coefficient (Wildman–Crippen LogP) is -0.686. The van der Waals surface area contributed by atoms with Crippen LogP contribution in [0.5, 0.6) is 0 Å². The van der Waals surface area contributed by atoms with Gasteiger partial charge in [0.1, 0.15) is 6.61 Å². The summed E-state index contributed by atoms with van der Waals surface area (Å²) in [5.41, 5.74) is -0.894. The molecule has 0 atom stereocenters. The van der Waals surface area contributed by atoms with E-state index in [1.54, 1.807) is 0 Å². The van der Waals surface area contributed by atoms with E-state index in [9.17, 15) is 14.4 Å². The molecular weight excluding hydrogens is 178 g/mol. The molecule has 0 aromatic heterocycles. The van der Waals surface area contributed by atoms with Crippen molar-refractivity contribution in [2.75, 3.05) is 6.61 Å². The minimum atomic E-state index is -1.29. The molecule has 0 rings (SSSR count). The van der Waals surface area contributed by atoms with Crippen LogP contribution in [0.15, 0.2) is 17.8 Å². The summed E-state index contributed by atoms with van der Waals surface area (Å²) in [7, 11) is 0. The Labute approximate surface area is 73.5 Å². The van der Waals surface area contributed by atoms with Crippen LogP contribution < -0.4 is 0 Å². The van der Waals surface area contributed by atoms with Gasteiger partial charge in [-0.25, -0.2) is 4.79 Å². The number of ketones is 1. The number of ether oxygens (including phenoxy) is 1. The Hall–Kier alpha value is -1.98. The maximum atomic E-state index is 10.8. The summed E-state index contributed by atoms with van der Waals surface area (Å²) in [4.78, 5) is 31.5. The van der Waals surface area contributed by atoms with Crippen LogP contribution in [0.2, 0.25) is 0 Å². The molecule has 0 heterocycles. The topological polar surface area (TPSA) is 93.0 Å². The van der Waals surface area contributed by atoms with E-state index < -0.39 is 17.5 Å². The maximum Gasteiger partial charge on any atom is 0.381 e. The first-order valence-electron chi connectivity index (χ1n) is 3.17. The zero-order valence-corrected chi connectivity index (χ0v) is 6.60. The second kappa shape index (κ2) is 5.64. The van der Waals surface area contributed by atoms with E-state index in [-0.39, 0.29) is 12.9 Å². The van der Waals surface area contributed by atoms with Gasteiger partial charge in [-0.05, 0) is 0 Å². The molecule has 0 radical (unpaired) electrons. The fourth-order valence-electron chi connectivity index (χ4n) is 0.427. The molecule has 6 nitrogen and oxygen atoms in total. The first-order chi connectivity index (χ1) is 6.17. The maximum absolute atomic E-state index is 10.8. The van der Waals surface area contributed by atoms with Crippen LogP contribution in [0.1, 0.15) is 0 Å². The fraction of sp³-hybridized carbons (Fsp3) is 0.143. The molecule has 0 saturated carbocycles. The van der Waals surface area contributed by atoms with Crippen molar-refractivity contribution in [2.45, 2.75) is 0 Å². The number of hydrogen-bond acceptors (Lipinski definition) is 6. The van der Waals surface area contributed by atoms with Crippen LogP contribution in [0.3, 0.4) is 0 Å². The van der Waals surface area contributed by atoms with Crippen LogP contribution in [-0.4, -0.2) is 35.6 Å². The van der Waals surface area contributed by atoms with E-state index in [1.165, 1.54) is 6.08 Å². The van der Waals surface area contributed by atoms with Crippen LogP contribution in [-0.2, 0) is 19.1 Å². The molecule has 0 unspecified atom stereocenters. The fourth-order valence-corrected chi connectivity index (χ4v) is 0.427. The number of esters is 1. The highest BCUT2D eigenvalue weighted by Gasteiger charge is 2.21. The average Bonchev–Trinajstić information content (AvgIpc) is 2.15. The van der Waals surface area contributed by atoms with Gasteiger partial charge in [0, 0.05) is 0 Å². The number of carbonyl (C=O) groups excluding carboxylic acids is 3. The number of rotatable bonds is 5. The lowest BCUT2D eigenvalue weighted by Crippen LogP contribution is -2.27. The predicted molar refractivity (Wildman–Crippen MR) is 41.4 cm³/mol. The highest BCUT2D eigenvalue weighted by atomic mass is 16.5. The molecule has 0 fully saturated rings. The van der Waals surface area contributed by atoms with Crippen molar-refractivity contribution in [1.29, 1.82) is 0 Å². The summed E-state index contributed by atoms with van der Waals surface area (Å²) in [5, 5.41) is 10.4. The molecule has 1 N–H and O–H groups in total. The second-order valence-corrected chi connectivity index (χ2v) is 1.82. The van der Waals surface area contributed by atoms with Crippen LogP contribution in [0.25, 0.3) is 0 Å². The largest absolute Gasteiger partial charge is 0.455 e. The van der Waals surface area contributed by atoms with Crippen molar-refractivity contribution in [2.24, 2.45) is 5.16 Å². The molecule has 0 spiro atoms. The quantitative estimate of drug-likeness (QED) is 0.0894. The lowest BCUT2D eigenvalue weighted by molar-refractivity contribution is -0.150. The van der Waals surface area contributed by atoms with E-state index in [2.05, 4.69) is 16.5 Å². The van der Waals surface area contributed by atoms with E-state index in [0.717, 1.165) is 0 Å². The summed E-state index contributed by atoms with van der Waals surface area (Å²) in [5.74, 6) is -2.56. The highest BCUT2D eigenvalue weighted by molar-refractivity contribution is 6.75. The molecular formula is C7H7NO5. The highest BCUT2D eigenvalue weighted by Crippen LogP contribution is 1.85. The van der Waals surface area contributed by atoms with E-state index in [1.807, 2.05) is 0 Å². The van der Waals surface area contributed by atoms with Gasteiger partial charge in [0.15, 0.2) is 12.0 Å². The standard InChI is InChI=1S/C7H7NO5/c1-2-3-13-7(11)6(10)5(4-9)8-12/h2,4,12H,1,3H2/b8-5+. The third-order valence-electron chi connectivity index (χ3n) is 0.970. The van der Waals surface area contributed by atoms with Gasteiger partial charge in [0.05, 0.1) is 0 Å². The zero-order valence-electron chi connectivity index (χ0n) is 6.60. The van der Waals surface area contributed by atoms with Gasteiger partial charge in [-0.2, -0.15) is 0 Å². The van der Waals surface area contributed by atoms with Crippen molar-refractivity contribution < 1.29 is 24.3 Å². The molecule has 6 heteroatoms. The summed E-state index contributed by atoms with van der Waals surface area (Å²) in [6, 6.07) is 0. The Bertz CT molecular complexity index is 268. The third-order valence-corrected chi connectivity index (χ3v) is 0.970. The smallest absolute Gasteiger partial charge is 0.381 e. The number of carbonyl (C=O) groups is 3. The van der Waals surface area contributed by atoms with Crippen molar-refractivity contribution >= 4 is 23.8 Å². The van der Waals surface area contributed by atoms with Gasteiger partial charge in [0.2, 0.25) is 0 Å². The molecule has 0 aromatic carbocycles. The van der Waals surface area contributed by atoms with Crippen molar-refractivity contribution in [3.63, 3.8) is 0 Å². The first-order valence-corrected chi connectivity index (χ1v) is 3.17. The third kappa shape index (κ3) is 3.28. The zero-order chi connectivity index (χ0) is 10.3. The van der Waals surface area contributed by atoms with Crippen LogP contribution in [0, 0.1) is 0 Å². The van der Waals surface area contributed by atoms with Gasteiger partial charge < -0.3 is 9.94 Å². The Morgan fingerprint density at radius 2 is 2.15 bits per heavy atom. The normalized spacial score (nSPS) is 10.3. The number of aldehydes is 1.